The van der Waals surface area contributed by atoms with Crippen molar-refractivity contribution < 1.29 is 32.7 Å². The number of hydrogen-bond acceptors (Lipinski definition) is 7. The Hall–Kier alpha value is -2.57. The molecule has 4 N–H and O–H groups in total. The van der Waals surface area contributed by atoms with Crippen molar-refractivity contribution in [1.29, 1.82) is 0 Å². The summed E-state index contributed by atoms with van der Waals surface area (Å²) in [7, 11) is -4.10. The van der Waals surface area contributed by atoms with Crippen molar-refractivity contribution >= 4 is 15.9 Å². The molecule has 0 radical (unpaired) electrons. The number of amides is 1. The summed E-state index contributed by atoms with van der Waals surface area (Å²) in [4.78, 5) is 12.3. The molecule has 2 aromatic carbocycles. The van der Waals surface area contributed by atoms with Crippen LogP contribution in [0.2, 0.25) is 0 Å². The van der Waals surface area contributed by atoms with Crippen LogP contribution in [0.5, 0.6) is 5.75 Å². The number of aliphatic hydroxyl groups is 1. The van der Waals surface area contributed by atoms with Gasteiger partial charge in [-0.05, 0) is 61.3 Å². The first-order chi connectivity index (χ1) is 16.7. The largest absolute Gasteiger partial charge is 0.489 e. The molecular weight excluding hydrogens is 477 g/mol. The molecule has 0 spiro atoms. The SMILES string of the molecule is CCCCNC[C@]1(O)CCN(S(=O)(=O)c2ccc(OCc3ccc(F)cc3)cc2)[C@@H](C(=O)NO)C1. The number of nitrogens with zero attached hydrogens (tertiary/aromatic N) is 1. The van der Waals surface area contributed by atoms with E-state index in [1.54, 1.807) is 12.1 Å². The number of nitrogens with one attached hydrogen (secondary N) is 2. The van der Waals surface area contributed by atoms with Crippen molar-refractivity contribution in [3.63, 3.8) is 0 Å². The monoisotopic (exact) mass is 509 g/mol. The molecule has 0 bridgehead atoms. The van der Waals surface area contributed by atoms with Crippen molar-refractivity contribution in [3.05, 3.63) is 59.9 Å². The maximum Gasteiger partial charge on any atom is 0.261 e. The Morgan fingerprint density at radius 1 is 1.20 bits per heavy atom. The van der Waals surface area contributed by atoms with Crippen LogP contribution in [-0.2, 0) is 21.4 Å². The Morgan fingerprint density at radius 3 is 2.51 bits per heavy atom. The first-order valence-corrected chi connectivity index (χ1v) is 13.0. The summed E-state index contributed by atoms with van der Waals surface area (Å²) >= 11 is 0. The van der Waals surface area contributed by atoms with Crippen LogP contribution in [0, 0.1) is 5.82 Å². The van der Waals surface area contributed by atoms with E-state index in [4.69, 9.17) is 4.74 Å². The van der Waals surface area contributed by atoms with Crippen LogP contribution in [0.3, 0.4) is 0 Å². The second-order valence-electron chi connectivity index (χ2n) is 8.70. The second kappa shape index (κ2) is 11.9. The summed E-state index contributed by atoms with van der Waals surface area (Å²) < 4.78 is 46.4. The van der Waals surface area contributed by atoms with Crippen molar-refractivity contribution in [2.75, 3.05) is 19.6 Å². The maximum absolute atomic E-state index is 13.3. The number of benzene rings is 2. The number of piperidine rings is 1. The summed E-state index contributed by atoms with van der Waals surface area (Å²) in [6.07, 6.45) is 1.90. The van der Waals surface area contributed by atoms with Crippen molar-refractivity contribution in [2.45, 2.75) is 55.8 Å². The third-order valence-corrected chi connectivity index (χ3v) is 7.96. The molecule has 1 amide bonds. The average molecular weight is 510 g/mol. The summed E-state index contributed by atoms with van der Waals surface area (Å²) in [6, 6.07) is 10.3. The normalized spacial score (nSPS) is 21.0. The first-order valence-electron chi connectivity index (χ1n) is 11.5. The lowest BCUT2D eigenvalue weighted by atomic mass is 9.87. The fraction of sp³-hybridized carbons (Fsp3) is 0.458. The Labute approximate surface area is 204 Å². The van der Waals surface area contributed by atoms with E-state index in [1.807, 2.05) is 6.92 Å². The molecular formula is C24H32FN3O6S. The molecule has 0 unspecified atom stereocenters. The van der Waals surface area contributed by atoms with E-state index < -0.39 is 27.6 Å². The van der Waals surface area contributed by atoms with Crippen LogP contribution in [0.15, 0.2) is 53.4 Å². The van der Waals surface area contributed by atoms with Crippen LogP contribution in [0.1, 0.15) is 38.2 Å². The van der Waals surface area contributed by atoms with Gasteiger partial charge in [0, 0.05) is 19.5 Å². The van der Waals surface area contributed by atoms with Gasteiger partial charge in [0.2, 0.25) is 10.0 Å². The topological polar surface area (TPSA) is 128 Å². The molecule has 0 aliphatic carbocycles. The molecule has 3 rings (SSSR count). The summed E-state index contributed by atoms with van der Waals surface area (Å²) in [5.41, 5.74) is 1.000. The van der Waals surface area contributed by atoms with Crippen LogP contribution in [0.4, 0.5) is 4.39 Å². The Kier molecular flexibility index (Phi) is 9.20. The third-order valence-electron chi connectivity index (χ3n) is 6.04. The molecule has 1 saturated heterocycles. The van der Waals surface area contributed by atoms with Gasteiger partial charge in [-0.3, -0.25) is 10.0 Å². The molecule has 192 valence electrons. The van der Waals surface area contributed by atoms with Gasteiger partial charge in [0.05, 0.1) is 10.5 Å². The molecule has 9 nitrogen and oxygen atoms in total. The van der Waals surface area contributed by atoms with Crippen molar-refractivity contribution in [3.8, 4) is 5.75 Å². The minimum atomic E-state index is -4.10. The highest BCUT2D eigenvalue weighted by Crippen LogP contribution is 2.32. The zero-order valence-electron chi connectivity index (χ0n) is 19.6. The van der Waals surface area contributed by atoms with Gasteiger partial charge in [0.15, 0.2) is 0 Å². The van der Waals surface area contributed by atoms with Crippen LogP contribution in [-0.4, -0.2) is 60.2 Å². The lowest BCUT2D eigenvalue weighted by Gasteiger charge is -2.42. The van der Waals surface area contributed by atoms with Gasteiger partial charge in [-0.1, -0.05) is 25.5 Å². The predicted octanol–water partition coefficient (Wildman–Crippen LogP) is 2.18. The number of rotatable bonds is 11. The fourth-order valence-electron chi connectivity index (χ4n) is 4.00. The van der Waals surface area contributed by atoms with E-state index in [0.29, 0.717) is 12.3 Å². The van der Waals surface area contributed by atoms with Crippen molar-refractivity contribution in [1.82, 2.24) is 15.1 Å². The molecule has 0 aromatic heterocycles. The molecule has 0 saturated carbocycles. The Balaban J connectivity index is 1.70. The van der Waals surface area contributed by atoms with Crippen LogP contribution < -0.4 is 15.5 Å². The highest BCUT2D eigenvalue weighted by atomic mass is 32.2. The van der Waals surface area contributed by atoms with Crippen LogP contribution in [0.25, 0.3) is 0 Å². The number of ether oxygens (including phenoxy) is 1. The standard InChI is InChI=1S/C24H32FN3O6S/c1-2-3-13-26-17-24(30)12-14-28(22(15-24)23(29)27-31)35(32,33)21-10-8-20(9-11-21)34-16-18-4-6-19(25)7-5-18/h4-11,22,26,30-31H,2-3,12-17H2,1H3,(H,27,29)/t22-,24+/m1/s1. The molecule has 1 aliphatic heterocycles. The molecule has 1 fully saturated rings. The third kappa shape index (κ3) is 6.98. The number of sulfonamides is 1. The number of unbranched alkanes of at least 4 members (excludes halogenated alkanes) is 1. The predicted molar refractivity (Wildman–Crippen MR) is 127 cm³/mol. The van der Waals surface area contributed by atoms with Crippen LogP contribution >= 0.6 is 0 Å². The minimum Gasteiger partial charge on any atom is -0.489 e. The van der Waals surface area contributed by atoms with Gasteiger partial charge in [0.1, 0.15) is 24.2 Å². The lowest BCUT2D eigenvalue weighted by molar-refractivity contribution is -0.138. The maximum atomic E-state index is 13.3. The minimum absolute atomic E-state index is 0.0473. The Morgan fingerprint density at radius 2 is 1.89 bits per heavy atom. The highest BCUT2D eigenvalue weighted by molar-refractivity contribution is 7.89. The molecule has 35 heavy (non-hydrogen) atoms. The zero-order valence-corrected chi connectivity index (χ0v) is 20.4. The first kappa shape index (κ1) is 27.0. The van der Waals surface area contributed by atoms with Gasteiger partial charge in [-0.15, -0.1) is 0 Å². The van der Waals surface area contributed by atoms with E-state index in [2.05, 4.69) is 5.32 Å². The van der Waals surface area contributed by atoms with Gasteiger partial charge in [-0.25, -0.2) is 18.3 Å². The van der Waals surface area contributed by atoms with Crippen molar-refractivity contribution in [2.24, 2.45) is 0 Å². The van der Waals surface area contributed by atoms with E-state index in [9.17, 15) is 27.9 Å². The van der Waals surface area contributed by atoms with Gasteiger partial charge < -0.3 is 15.2 Å². The number of carbonyl (C=O) groups excluding carboxylic acids is 1. The molecule has 1 aliphatic rings. The van der Waals surface area contributed by atoms with Gasteiger partial charge >= 0.3 is 0 Å². The molecule has 2 atom stereocenters. The quantitative estimate of drug-likeness (QED) is 0.208. The van der Waals surface area contributed by atoms with E-state index in [0.717, 1.165) is 22.7 Å². The number of hydroxylamine groups is 1. The van der Waals surface area contributed by atoms with Gasteiger partial charge in [0.25, 0.3) is 5.91 Å². The lowest BCUT2D eigenvalue weighted by Crippen LogP contribution is -2.60. The van der Waals surface area contributed by atoms with E-state index >= 15 is 0 Å². The number of carbonyl (C=O) groups is 1. The fourth-order valence-corrected chi connectivity index (χ4v) is 5.59. The molecule has 2 aromatic rings. The second-order valence-corrected chi connectivity index (χ2v) is 10.6. The smallest absolute Gasteiger partial charge is 0.261 e. The summed E-state index contributed by atoms with van der Waals surface area (Å²) in [5, 5.41) is 23.3. The average Bonchev–Trinajstić information content (AvgIpc) is 2.86. The Bertz CT molecular complexity index is 1080. The molecule has 11 heteroatoms. The van der Waals surface area contributed by atoms with Gasteiger partial charge in [-0.2, -0.15) is 4.31 Å². The van der Waals surface area contributed by atoms with E-state index in [-0.39, 0.29) is 43.3 Å². The summed E-state index contributed by atoms with van der Waals surface area (Å²) in [5.74, 6) is -0.830. The number of halogens is 1. The van der Waals surface area contributed by atoms with E-state index in [1.165, 1.54) is 41.9 Å². The summed E-state index contributed by atoms with van der Waals surface area (Å²) in [6.45, 7) is 3.06. The molecule has 1 heterocycles. The highest BCUT2D eigenvalue weighted by Gasteiger charge is 2.46. The number of hydrogen-bond donors (Lipinski definition) is 4. The zero-order chi connectivity index (χ0) is 25.5.